The fourth-order valence-corrected chi connectivity index (χ4v) is 2.76. The van der Waals surface area contributed by atoms with Crippen LogP contribution in [0.25, 0.3) is 16.5 Å². The zero-order valence-corrected chi connectivity index (χ0v) is 13.6. The van der Waals surface area contributed by atoms with Crippen LogP contribution in [0.1, 0.15) is 5.69 Å². The van der Waals surface area contributed by atoms with Gasteiger partial charge in [0.05, 0.1) is 4.88 Å². The number of thiophene rings is 1. The number of aryl methyl sites for hydroxylation is 1. The van der Waals surface area contributed by atoms with Gasteiger partial charge in [-0.3, -0.25) is 14.6 Å². The number of aromatic nitrogens is 4. The Morgan fingerprint density at radius 2 is 2.30 bits per heavy atom. The molecule has 1 amide bonds. The van der Waals surface area contributed by atoms with Crippen molar-refractivity contribution in [3.8, 4) is 16.5 Å². The number of H-pyrrole nitrogens is 1. The minimum atomic E-state index is -0.374. The maximum Gasteiger partial charge on any atom is 0.252 e. The minimum absolute atomic E-state index is 0.183. The highest BCUT2D eigenvalue weighted by atomic mass is 35.5. The fraction of sp³-hybridized carbons (Fsp3) is 0.143. The molecule has 0 aromatic carbocycles. The molecule has 23 heavy (non-hydrogen) atoms. The predicted octanol–water partition coefficient (Wildman–Crippen LogP) is 2.17. The first kappa shape index (κ1) is 15.4. The molecule has 3 heterocycles. The van der Waals surface area contributed by atoms with E-state index < -0.39 is 0 Å². The van der Waals surface area contributed by atoms with Crippen LogP contribution >= 0.6 is 22.9 Å². The number of hydrogen-bond donors (Lipinski definition) is 2. The van der Waals surface area contributed by atoms with Crippen molar-refractivity contribution in [2.75, 3.05) is 11.2 Å². The number of amides is 1. The number of hydrogen-bond acceptors (Lipinski definition) is 5. The molecule has 9 heteroatoms. The molecular formula is C14H12ClN5O2S. The largest absolute Gasteiger partial charge is 0.309 e. The van der Waals surface area contributed by atoms with E-state index in [1.807, 2.05) is 17.5 Å². The Morgan fingerprint density at radius 3 is 2.96 bits per heavy atom. The van der Waals surface area contributed by atoms with E-state index in [0.29, 0.717) is 17.2 Å². The molecule has 0 aliphatic carbocycles. The second-order valence-corrected chi connectivity index (χ2v) is 5.91. The Balaban J connectivity index is 2.13. The molecule has 0 saturated heterocycles. The molecule has 0 unspecified atom stereocenters. The van der Waals surface area contributed by atoms with Gasteiger partial charge in [-0.25, -0.2) is 4.98 Å². The minimum Gasteiger partial charge on any atom is -0.309 e. The van der Waals surface area contributed by atoms with Crippen molar-refractivity contribution in [1.29, 1.82) is 0 Å². The van der Waals surface area contributed by atoms with E-state index in [0.717, 1.165) is 4.88 Å². The average molecular weight is 350 g/mol. The van der Waals surface area contributed by atoms with E-state index in [9.17, 15) is 9.59 Å². The van der Waals surface area contributed by atoms with E-state index in [2.05, 4.69) is 20.4 Å². The number of nitrogens with one attached hydrogen (secondary N) is 2. The van der Waals surface area contributed by atoms with Gasteiger partial charge in [-0.1, -0.05) is 6.07 Å². The Morgan fingerprint density at radius 1 is 1.48 bits per heavy atom. The number of alkyl halides is 1. The molecule has 0 aliphatic rings. The lowest BCUT2D eigenvalue weighted by Gasteiger charge is -2.07. The molecule has 0 bridgehead atoms. The van der Waals surface area contributed by atoms with E-state index in [1.165, 1.54) is 22.1 Å². The Bertz CT molecular complexity index is 900. The summed E-state index contributed by atoms with van der Waals surface area (Å²) in [6.07, 6.45) is 0. The van der Waals surface area contributed by atoms with Crippen LogP contribution in [0.15, 0.2) is 34.4 Å². The molecule has 2 N–H and O–H groups in total. The molecule has 0 aliphatic heterocycles. The van der Waals surface area contributed by atoms with Gasteiger partial charge >= 0.3 is 0 Å². The summed E-state index contributed by atoms with van der Waals surface area (Å²) >= 11 is 7.06. The fourth-order valence-electron chi connectivity index (χ4n) is 2.02. The third-order valence-electron chi connectivity index (χ3n) is 2.93. The zero-order chi connectivity index (χ0) is 16.4. The summed E-state index contributed by atoms with van der Waals surface area (Å²) in [4.78, 5) is 31.1. The van der Waals surface area contributed by atoms with Gasteiger partial charge in [0.15, 0.2) is 0 Å². The van der Waals surface area contributed by atoms with E-state index in [1.54, 1.807) is 13.0 Å². The normalized spacial score (nSPS) is 10.7. The first-order valence-corrected chi connectivity index (χ1v) is 8.06. The number of rotatable bonds is 4. The van der Waals surface area contributed by atoms with Crippen LogP contribution < -0.4 is 10.9 Å². The van der Waals surface area contributed by atoms with Gasteiger partial charge in [0.2, 0.25) is 11.9 Å². The third kappa shape index (κ3) is 3.33. The number of halogens is 1. The van der Waals surface area contributed by atoms with Gasteiger partial charge in [0.25, 0.3) is 5.56 Å². The quantitative estimate of drug-likeness (QED) is 0.706. The third-order valence-corrected chi connectivity index (χ3v) is 4.06. The summed E-state index contributed by atoms with van der Waals surface area (Å²) in [6, 6.07) is 6.91. The Hall–Kier alpha value is -2.45. The average Bonchev–Trinajstić information content (AvgIpc) is 3.14. The van der Waals surface area contributed by atoms with Crippen LogP contribution in [-0.4, -0.2) is 31.5 Å². The second kappa shape index (κ2) is 6.35. The zero-order valence-electron chi connectivity index (χ0n) is 12.0. The van der Waals surface area contributed by atoms with E-state index in [4.69, 9.17) is 11.6 Å². The van der Waals surface area contributed by atoms with Crippen molar-refractivity contribution in [1.82, 2.24) is 19.7 Å². The van der Waals surface area contributed by atoms with Crippen LogP contribution in [0.4, 0.5) is 5.82 Å². The topological polar surface area (TPSA) is 92.7 Å². The van der Waals surface area contributed by atoms with Crippen molar-refractivity contribution in [3.05, 3.63) is 45.7 Å². The highest BCUT2D eigenvalue weighted by Gasteiger charge is 2.15. The maximum atomic E-state index is 11.7. The first-order valence-electron chi connectivity index (χ1n) is 6.65. The molecule has 0 fully saturated rings. The lowest BCUT2D eigenvalue weighted by atomic mass is 10.3. The van der Waals surface area contributed by atoms with Crippen LogP contribution in [0.3, 0.4) is 0 Å². The molecule has 0 atom stereocenters. The molecule has 3 aromatic rings. The predicted molar refractivity (Wildman–Crippen MR) is 89.4 cm³/mol. The van der Waals surface area contributed by atoms with E-state index in [-0.39, 0.29) is 23.3 Å². The van der Waals surface area contributed by atoms with Crippen molar-refractivity contribution in [2.24, 2.45) is 0 Å². The molecule has 7 nitrogen and oxygen atoms in total. The Kier molecular flexibility index (Phi) is 4.26. The van der Waals surface area contributed by atoms with Crippen molar-refractivity contribution in [3.63, 3.8) is 0 Å². The summed E-state index contributed by atoms with van der Waals surface area (Å²) in [7, 11) is 0. The lowest BCUT2D eigenvalue weighted by Crippen LogP contribution is -2.19. The summed E-state index contributed by atoms with van der Waals surface area (Å²) < 4.78 is 1.38. The van der Waals surface area contributed by atoms with Gasteiger partial charge in [-0.2, -0.15) is 9.78 Å². The molecule has 0 radical (unpaired) electrons. The number of aromatic amines is 1. The van der Waals surface area contributed by atoms with Crippen LogP contribution in [0, 0.1) is 6.92 Å². The summed E-state index contributed by atoms with van der Waals surface area (Å²) in [5.74, 6) is 0.0492. The standard InChI is InChI=1S/C14H12ClN5O2S/c1-8-5-12(21)18-14(16-8)20-11(17-13(22)7-15)6-9(19-20)10-3-2-4-23-10/h2-6H,7H2,1H3,(H,17,22)(H,16,18,21). The van der Waals surface area contributed by atoms with Gasteiger partial charge in [-0.15, -0.1) is 22.9 Å². The highest BCUT2D eigenvalue weighted by Crippen LogP contribution is 2.27. The summed E-state index contributed by atoms with van der Waals surface area (Å²) in [5, 5.41) is 9.01. The molecule has 0 spiro atoms. The van der Waals surface area contributed by atoms with Gasteiger partial charge in [0, 0.05) is 17.8 Å². The van der Waals surface area contributed by atoms with Gasteiger partial charge in [-0.05, 0) is 18.4 Å². The van der Waals surface area contributed by atoms with Gasteiger partial charge < -0.3 is 5.32 Å². The van der Waals surface area contributed by atoms with Crippen LogP contribution in [0.2, 0.25) is 0 Å². The van der Waals surface area contributed by atoms with Crippen LogP contribution in [0.5, 0.6) is 0 Å². The summed E-state index contributed by atoms with van der Waals surface area (Å²) in [6.45, 7) is 1.71. The molecule has 3 aromatic heterocycles. The smallest absolute Gasteiger partial charge is 0.252 e. The molecule has 118 valence electrons. The highest BCUT2D eigenvalue weighted by molar-refractivity contribution is 7.13. The van der Waals surface area contributed by atoms with Gasteiger partial charge in [0.1, 0.15) is 17.4 Å². The first-order chi connectivity index (χ1) is 11.1. The van der Waals surface area contributed by atoms with Crippen molar-refractivity contribution >= 4 is 34.7 Å². The molecular weight excluding hydrogens is 338 g/mol. The number of anilines is 1. The second-order valence-electron chi connectivity index (χ2n) is 4.70. The number of nitrogens with zero attached hydrogens (tertiary/aromatic N) is 3. The van der Waals surface area contributed by atoms with Crippen molar-refractivity contribution in [2.45, 2.75) is 6.92 Å². The SMILES string of the molecule is Cc1cc(=O)[nH]c(-n2nc(-c3cccs3)cc2NC(=O)CCl)n1. The lowest BCUT2D eigenvalue weighted by molar-refractivity contribution is -0.114. The summed E-state index contributed by atoms with van der Waals surface area (Å²) in [5.41, 5.74) is 0.913. The molecule has 3 rings (SSSR count). The van der Waals surface area contributed by atoms with E-state index >= 15 is 0 Å². The maximum absolute atomic E-state index is 11.7. The number of carbonyl (C=O) groups is 1. The Labute approximate surface area is 140 Å². The van der Waals surface area contributed by atoms with Crippen molar-refractivity contribution < 1.29 is 4.79 Å². The number of carbonyl (C=O) groups excluding carboxylic acids is 1. The molecule has 0 saturated carbocycles. The van der Waals surface area contributed by atoms with Crippen LogP contribution in [-0.2, 0) is 4.79 Å². The monoisotopic (exact) mass is 349 g/mol.